The second-order valence-electron chi connectivity index (χ2n) is 5.15. The summed E-state index contributed by atoms with van der Waals surface area (Å²) in [7, 11) is 0. The van der Waals surface area contributed by atoms with Gasteiger partial charge in [0.25, 0.3) is 5.91 Å². The van der Waals surface area contributed by atoms with Crippen LogP contribution in [0.5, 0.6) is 0 Å². The van der Waals surface area contributed by atoms with Gasteiger partial charge in [-0.3, -0.25) is 9.59 Å². The van der Waals surface area contributed by atoms with Crippen molar-refractivity contribution in [2.75, 3.05) is 5.32 Å². The van der Waals surface area contributed by atoms with Crippen LogP contribution in [0.3, 0.4) is 0 Å². The molecule has 0 atom stereocenters. The predicted octanol–water partition coefficient (Wildman–Crippen LogP) is 5.31. The Hall–Kier alpha value is -2.01. The number of halogens is 3. The summed E-state index contributed by atoms with van der Waals surface area (Å²) in [5, 5.41) is 3.93. The zero-order chi connectivity index (χ0) is 17.4. The summed E-state index contributed by atoms with van der Waals surface area (Å²) in [5.41, 5.74) is 1.06. The Kier molecular flexibility index (Phi) is 4.54. The molecule has 24 heavy (non-hydrogen) atoms. The Morgan fingerprint density at radius 2 is 1.79 bits per heavy atom. The van der Waals surface area contributed by atoms with E-state index < -0.39 is 11.3 Å². The minimum atomic E-state index is -0.564. The van der Waals surface area contributed by atoms with Crippen LogP contribution in [0.4, 0.5) is 5.69 Å². The summed E-state index contributed by atoms with van der Waals surface area (Å²) in [6.45, 7) is 1.80. The predicted molar refractivity (Wildman–Crippen MR) is 96.6 cm³/mol. The largest absolute Gasteiger partial charge is 0.449 e. The van der Waals surface area contributed by atoms with E-state index in [1.165, 1.54) is 12.1 Å². The molecule has 1 N–H and O–H groups in total. The van der Waals surface area contributed by atoms with Crippen molar-refractivity contribution in [3.8, 4) is 0 Å². The maximum atomic E-state index is 12.4. The van der Waals surface area contributed by atoms with Crippen molar-refractivity contribution in [3.05, 3.63) is 73.0 Å². The summed E-state index contributed by atoms with van der Waals surface area (Å²) >= 11 is 17.8. The van der Waals surface area contributed by atoms with Crippen LogP contribution in [0.2, 0.25) is 15.1 Å². The molecule has 0 fully saturated rings. The Morgan fingerprint density at radius 3 is 2.50 bits per heavy atom. The zero-order valence-corrected chi connectivity index (χ0v) is 14.6. The summed E-state index contributed by atoms with van der Waals surface area (Å²) in [6.07, 6.45) is 0. The lowest BCUT2D eigenvalue weighted by Crippen LogP contribution is -2.15. The average Bonchev–Trinajstić information content (AvgIpc) is 2.50. The van der Waals surface area contributed by atoms with Crippen molar-refractivity contribution >= 4 is 57.4 Å². The van der Waals surface area contributed by atoms with Gasteiger partial charge in [-0.2, -0.15) is 0 Å². The molecule has 3 aromatic rings. The lowest BCUT2D eigenvalue weighted by atomic mass is 10.2. The second kappa shape index (κ2) is 6.48. The molecule has 0 spiro atoms. The van der Waals surface area contributed by atoms with Crippen LogP contribution in [0, 0.1) is 6.92 Å². The standard InChI is InChI=1S/C17H10Cl3NO3/c1-8-4-9(18)2-3-13(8)21-17(23)15-7-14(22)11-5-10(19)6-12(20)16(11)24-15/h2-7H,1H3,(H,21,23). The SMILES string of the molecule is Cc1cc(Cl)ccc1NC(=O)c1cc(=O)c2cc(Cl)cc(Cl)c2o1. The Bertz CT molecular complexity index is 1030. The number of benzene rings is 2. The van der Waals surface area contributed by atoms with Gasteiger partial charge in [0.1, 0.15) is 0 Å². The van der Waals surface area contributed by atoms with Crippen molar-refractivity contribution in [3.63, 3.8) is 0 Å². The lowest BCUT2D eigenvalue weighted by molar-refractivity contribution is 0.0997. The molecule has 1 amide bonds. The highest BCUT2D eigenvalue weighted by molar-refractivity contribution is 6.38. The van der Waals surface area contributed by atoms with Crippen molar-refractivity contribution < 1.29 is 9.21 Å². The van der Waals surface area contributed by atoms with Crippen molar-refractivity contribution in [1.82, 2.24) is 0 Å². The van der Waals surface area contributed by atoms with Gasteiger partial charge in [0.15, 0.2) is 16.8 Å². The number of carbonyl (C=O) groups excluding carboxylic acids is 1. The molecule has 0 bridgehead atoms. The van der Waals surface area contributed by atoms with Crippen LogP contribution in [0.15, 0.2) is 45.6 Å². The molecule has 0 radical (unpaired) electrons. The molecule has 0 saturated carbocycles. The molecule has 3 rings (SSSR count). The molecular weight excluding hydrogens is 373 g/mol. The van der Waals surface area contributed by atoms with Gasteiger partial charge in [-0.15, -0.1) is 0 Å². The minimum absolute atomic E-state index is 0.117. The van der Waals surface area contributed by atoms with E-state index in [4.69, 9.17) is 39.2 Å². The Morgan fingerprint density at radius 1 is 1.04 bits per heavy atom. The average molecular weight is 383 g/mol. The number of anilines is 1. The molecule has 1 aromatic heterocycles. The topological polar surface area (TPSA) is 59.3 Å². The van der Waals surface area contributed by atoms with Crippen molar-refractivity contribution in [2.45, 2.75) is 6.92 Å². The molecule has 122 valence electrons. The molecule has 0 aliphatic rings. The molecule has 1 heterocycles. The van der Waals surface area contributed by atoms with Gasteiger partial charge in [-0.05, 0) is 42.8 Å². The lowest BCUT2D eigenvalue weighted by Gasteiger charge is -2.09. The molecule has 4 nitrogen and oxygen atoms in total. The molecule has 2 aromatic carbocycles. The quantitative estimate of drug-likeness (QED) is 0.653. The number of hydrogen-bond acceptors (Lipinski definition) is 3. The third kappa shape index (κ3) is 3.26. The number of hydrogen-bond donors (Lipinski definition) is 1. The minimum Gasteiger partial charge on any atom is -0.449 e. The van der Waals surface area contributed by atoms with Crippen LogP contribution < -0.4 is 10.7 Å². The molecular formula is C17H10Cl3NO3. The van der Waals surface area contributed by atoms with Gasteiger partial charge in [0, 0.05) is 21.8 Å². The maximum Gasteiger partial charge on any atom is 0.291 e. The summed E-state index contributed by atoms with van der Waals surface area (Å²) in [5.74, 6) is -0.712. The van der Waals surface area contributed by atoms with Crippen molar-refractivity contribution in [1.29, 1.82) is 0 Å². The van der Waals surface area contributed by atoms with Gasteiger partial charge in [-0.1, -0.05) is 34.8 Å². The first-order valence-electron chi connectivity index (χ1n) is 6.85. The van der Waals surface area contributed by atoms with E-state index in [0.29, 0.717) is 15.7 Å². The summed E-state index contributed by atoms with van der Waals surface area (Å²) in [4.78, 5) is 24.6. The number of aryl methyl sites for hydroxylation is 1. The number of rotatable bonds is 2. The summed E-state index contributed by atoms with van der Waals surface area (Å²) in [6, 6.07) is 9.03. The molecule has 0 saturated heterocycles. The molecule has 0 unspecified atom stereocenters. The number of amides is 1. The highest BCUT2D eigenvalue weighted by Crippen LogP contribution is 2.27. The normalized spacial score (nSPS) is 10.8. The first-order chi connectivity index (χ1) is 11.3. The van der Waals surface area contributed by atoms with E-state index in [2.05, 4.69) is 5.32 Å². The third-order valence-electron chi connectivity index (χ3n) is 3.41. The van der Waals surface area contributed by atoms with Crippen LogP contribution in [0.1, 0.15) is 16.1 Å². The highest BCUT2D eigenvalue weighted by atomic mass is 35.5. The fraction of sp³-hybridized carbons (Fsp3) is 0.0588. The maximum absolute atomic E-state index is 12.4. The Labute approximate surface area is 151 Å². The summed E-state index contributed by atoms with van der Waals surface area (Å²) < 4.78 is 5.50. The number of carbonyl (C=O) groups is 1. The van der Waals surface area contributed by atoms with Crippen LogP contribution in [-0.2, 0) is 0 Å². The van der Waals surface area contributed by atoms with Crippen LogP contribution in [-0.4, -0.2) is 5.91 Å². The van der Waals surface area contributed by atoms with Crippen LogP contribution in [0.25, 0.3) is 11.0 Å². The van der Waals surface area contributed by atoms with E-state index in [0.717, 1.165) is 11.6 Å². The van der Waals surface area contributed by atoms with Gasteiger partial charge in [0.05, 0.1) is 10.4 Å². The van der Waals surface area contributed by atoms with E-state index in [1.807, 2.05) is 0 Å². The molecule has 0 aliphatic carbocycles. The van der Waals surface area contributed by atoms with Crippen LogP contribution >= 0.6 is 34.8 Å². The van der Waals surface area contributed by atoms with E-state index in [1.54, 1.807) is 25.1 Å². The van der Waals surface area contributed by atoms with E-state index in [-0.39, 0.29) is 21.8 Å². The molecule has 0 aliphatic heterocycles. The number of nitrogens with one attached hydrogen (secondary N) is 1. The van der Waals surface area contributed by atoms with Gasteiger partial charge < -0.3 is 9.73 Å². The third-order valence-corrected chi connectivity index (χ3v) is 4.14. The van der Waals surface area contributed by atoms with E-state index in [9.17, 15) is 9.59 Å². The molecule has 7 heteroatoms. The number of fused-ring (bicyclic) bond motifs is 1. The first-order valence-corrected chi connectivity index (χ1v) is 7.99. The monoisotopic (exact) mass is 381 g/mol. The van der Waals surface area contributed by atoms with Crippen molar-refractivity contribution in [2.24, 2.45) is 0 Å². The zero-order valence-electron chi connectivity index (χ0n) is 12.3. The fourth-order valence-corrected chi connectivity index (χ4v) is 3.01. The van der Waals surface area contributed by atoms with Gasteiger partial charge in [-0.25, -0.2) is 0 Å². The first kappa shape index (κ1) is 16.8. The Balaban J connectivity index is 2.03. The second-order valence-corrected chi connectivity index (χ2v) is 6.43. The smallest absolute Gasteiger partial charge is 0.291 e. The highest BCUT2D eigenvalue weighted by Gasteiger charge is 2.16. The van der Waals surface area contributed by atoms with Gasteiger partial charge >= 0.3 is 0 Å². The van der Waals surface area contributed by atoms with E-state index >= 15 is 0 Å². The fourth-order valence-electron chi connectivity index (χ4n) is 2.25. The van der Waals surface area contributed by atoms with Gasteiger partial charge in [0.2, 0.25) is 0 Å².